The molecule has 6 nitrogen and oxygen atoms in total. The molecule has 0 saturated carbocycles. The lowest BCUT2D eigenvalue weighted by Gasteiger charge is -2.36. The van der Waals surface area contributed by atoms with Gasteiger partial charge in [-0.1, -0.05) is 29.4 Å². The van der Waals surface area contributed by atoms with Crippen LogP contribution in [0.5, 0.6) is 0 Å². The Hall–Kier alpha value is -2.63. The van der Waals surface area contributed by atoms with E-state index in [1.54, 1.807) is 20.9 Å². The van der Waals surface area contributed by atoms with Crippen LogP contribution in [0, 0.1) is 13.8 Å². The summed E-state index contributed by atoms with van der Waals surface area (Å²) in [5.74, 6) is -0.657. The fraction of sp³-hybridized carbons (Fsp3) is 0.421. The Labute approximate surface area is 146 Å². The van der Waals surface area contributed by atoms with Gasteiger partial charge in [-0.25, -0.2) is 0 Å². The highest BCUT2D eigenvalue weighted by Gasteiger charge is 2.46. The van der Waals surface area contributed by atoms with Crippen LogP contribution in [-0.4, -0.2) is 29.2 Å². The van der Waals surface area contributed by atoms with Gasteiger partial charge in [0.25, 0.3) is 0 Å². The predicted octanol–water partition coefficient (Wildman–Crippen LogP) is 3.00. The molecule has 0 radical (unpaired) electrons. The molecule has 2 aromatic rings. The molecule has 1 aromatic carbocycles. The third-order valence-corrected chi connectivity index (χ3v) is 5.15. The maximum atomic E-state index is 12.9. The van der Waals surface area contributed by atoms with Crippen molar-refractivity contribution in [3.63, 3.8) is 0 Å². The van der Waals surface area contributed by atoms with Gasteiger partial charge in [-0.05, 0) is 44.2 Å². The molecule has 0 bridgehead atoms. The average molecular weight is 342 g/mol. The van der Waals surface area contributed by atoms with Crippen molar-refractivity contribution in [2.75, 3.05) is 11.9 Å². The van der Waals surface area contributed by atoms with Crippen LogP contribution in [0.1, 0.15) is 41.8 Å². The van der Waals surface area contributed by atoms with Gasteiger partial charge in [0.2, 0.25) is 5.91 Å². The number of aromatic nitrogens is 1. The van der Waals surface area contributed by atoms with E-state index >= 15 is 0 Å². The second-order valence-electron chi connectivity index (χ2n) is 6.70. The van der Waals surface area contributed by atoms with E-state index in [1.165, 1.54) is 4.90 Å². The summed E-state index contributed by atoms with van der Waals surface area (Å²) in [5, 5.41) is 13.9. The van der Waals surface area contributed by atoms with Gasteiger partial charge in [-0.2, -0.15) is 0 Å². The van der Waals surface area contributed by atoms with Crippen molar-refractivity contribution < 1.29 is 19.2 Å². The molecule has 25 heavy (non-hydrogen) atoms. The summed E-state index contributed by atoms with van der Waals surface area (Å²) >= 11 is 0. The molecule has 3 rings (SSSR count). The molecule has 0 fully saturated rings. The van der Waals surface area contributed by atoms with Crippen LogP contribution in [0.3, 0.4) is 0 Å². The number of amides is 1. The number of carboxylic acids is 1. The van der Waals surface area contributed by atoms with Crippen molar-refractivity contribution in [1.29, 1.82) is 0 Å². The molecular formula is C19H22N2O4. The van der Waals surface area contributed by atoms with Crippen molar-refractivity contribution in [1.82, 2.24) is 5.16 Å². The van der Waals surface area contributed by atoms with E-state index in [-0.39, 0.29) is 12.3 Å². The van der Waals surface area contributed by atoms with E-state index in [1.807, 2.05) is 24.3 Å². The smallest absolute Gasteiger partial charge is 0.314 e. The fourth-order valence-electron chi connectivity index (χ4n) is 3.86. The van der Waals surface area contributed by atoms with Gasteiger partial charge in [0.15, 0.2) is 5.76 Å². The minimum absolute atomic E-state index is 0.0834. The molecule has 1 aliphatic carbocycles. The molecule has 1 atom stereocenters. The highest BCUT2D eigenvalue weighted by atomic mass is 16.5. The number of nitrogens with zero attached hydrogens (tertiary/aromatic N) is 2. The molecule has 1 N–H and O–H groups in total. The molecule has 6 heteroatoms. The third-order valence-electron chi connectivity index (χ3n) is 5.15. The second kappa shape index (κ2) is 6.35. The van der Waals surface area contributed by atoms with Crippen LogP contribution < -0.4 is 4.90 Å². The number of fused-ring (bicyclic) bond motifs is 1. The van der Waals surface area contributed by atoms with Crippen molar-refractivity contribution in [2.24, 2.45) is 0 Å². The molecule has 0 aliphatic heterocycles. The van der Waals surface area contributed by atoms with Gasteiger partial charge < -0.3 is 14.5 Å². The number of aryl methyl sites for hydroxylation is 3. The summed E-state index contributed by atoms with van der Waals surface area (Å²) in [6.45, 7) is 3.50. The average Bonchev–Trinajstić information content (AvgIpc) is 2.92. The van der Waals surface area contributed by atoms with Gasteiger partial charge >= 0.3 is 5.97 Å². The number of carboxylic acid groups (broad SMARTS) is 1. The Morgan fingerprint density at radius 3 is 2.68 bits per heavy atom. The molecule has 1 unspecified atom stereocenters. The minimum Gasteiger partial charge on any atom is -0.481 e. The number of hydrogen-bond acceptors (Lipinski definition) is 4. The highest BCUT2D eigenvalue weighted by Crippen LogP contribution is 2.41. The molecule has 1 amide bonds. The topological polar surface area (TPSA) is 83.6 Å². The second-order valence-corrected chi connectivity index (χ2v) is 6.70. The number of aliphatic carboxylic acids is 1. The SMILES string of the molecule is Cc1noc(C)c1N(C)C(=O)CC1(C(=O)O)CCCc2ccccc21. The van der Waals surface area contributed by atoms with E-state index < -0.39 is 11.4 Å². The zero-order chi connectivity index (χ0) is 18.2. The van der Waals surface area contributed by atoms with Crippen molar-refractivity contribution >= 4 is 17.6 Å². The highest BCUT2D eigenvalue weighted by molar-refractivity contribution is 5.98. The van der Waals surface area contributed by atoms with Gasteiger partial charge in [-0.3, -0.25) is 9.59 Å². The summed E-state index contributed by atoms with van der Waals surface area (Å²) < 4.78 is 5.13. The van der Waals surface area contributed by atoms with Crippen LogP contribution in [0.15, 0.2) is 28.8 Å². The minimum atomic E-state index is -1.18. The van der Waals surface area contributed by atoms with Crippen LogP contribution >= 0.6 is 0 Å². The Kier molecular flexibility index (Phi) is 4.37. The lowest BCUT2D eigenvalue weighted by atomic mass is 9.67. The summed E-state index contributed by atoms with van der Waals surface area (Å²) in [6, 6.07) is 7.54. The Morgan fingerprint density at radius 2 is 2.04 bits per heavy atom. The van der Waals surface area contributed by atoms with Crippen LogP contribution in [0.4, 0.5) is 5.69 Å². The number of hydrogen-bond donors (Lipinski definition) is 1. The third kappa shape index (κ3) is 2.81. The molecule has 0 saturated heterocycles. The summed E-state index contributed by atoms with van der Waals surface area (Å²) in [4.78, 5) is 26.6. The first-order valence-electron chi connectivity index (χ1n) is 8.38. The number of anilines is 1. The normalized spacial score (nSPS) is 19.3. The van der Waals surface area contributed by atoms with Crippen LogP contribution in [0.25, 0.3) is 0 Å². The Bertz CT molecular complexity index is 807. The summed E-state index contributed by atoms with van der Waals surface area (Å²) in [7, 11) is 1.64. The summed E-state index contributed by atoms with van der Waals surface area (Å²) in [6.07, 6.45) is 1.98. The van der Waals surface area contributed by atoms with E-state index in [9.17, 15) is 14.7 Å². The predicted molar refractivity (Wildman–Crippen MR) is 92.7 cm³/mol. The van der Waals surface area contributed by atoms with Crippen molar-refractivity contribution in [3.05, 3.63) is 46.8 Å². The first kappa shape index (κ1) is 17.2. The quantitative estimate of drug-likeness (QED) is 0.923. The van der Waals surface area contributed by atoms with E-state index in [0.29, 0.717) is 23.6 Å². The van der Waals surface area contributed by atoms with E-state index in [2.05, 4.69) is 5.16 Å². The number of benzene rings is 1. The molecule has 1 heterocycles. The summed E-state index contributed by atoms with van der Waals surface area (Å²) in [5.41, 5.74) is 1.81. The van der Waals surface area contributed by atoms with Gasteiger partial charge in [0, 0.05) is 13.5 Å². The van der Waals surface area contributed by atoms with Crippen molar-refractivity contribution in [2.45, 2.75) is 44.9 Å². The van der Waals surface area contributed by atoms with Gasteiger partial charge in [0.1, 0.15) is 16.8 Å². The Balaban J connectivity index is 1.97. The maximum Gasteiger partial charge on any atom is 0.314 e. The molecule has 1 aliphatic rings. The van der Waals surface area contributed by atoms with Crippen molar-refractivity contribution in [3.8, 4) is 0 Å². The zero-order valence-electron chi connectivity index (χ0n) is 14.7. The number of carbonyl (C=O) groups excluding carboxylic acids is 1. The molecule has 1 aromatic heterocycles. The zero-order valence-corrected chi connectivity index (χ0v) is 14.7. The monoisotopic (exact) mass is 342 g/mol. The van der Waals surface area contributed by atoms with Gasteiger partial charge in [0.05, 0.1) is 0 Å². The number of carbonyl (C=O) groups is 2. The van der Waals surface area contributed by atoms with Gasteiger partial charge in [-0.15, -0.1) is 0 Å². The lowest BCUT2D eigenvalue weighted by molar-refractivity contribution is -0.146. The fourth-order valence-corrected chi connectivity index (χ4v) is 3.86. The van der Waals surface area contributed by atoms with E-state index in [4.69, 9.17) is 4.52 Å². The Morgan fingerprint density at radius 1 is 1.32 bits per heavy atom. The van der Waals surface area contributed by atoms with Crippen LogP contribution in [-0.2, 0) is 21.4 Å². The molecular weight excluding hydrogens is 320 g/mol. The standard InChI is InChI=1S/C19H22N2O4/c1-12-17(13(2)25-20-12)21(3)16(22)11-19(18(23)24)10-6-8-14-7-4-5-9-15(14)19/h4-5,7,9H,6,8,10-11H2,1-3H3,(H,23,24). The first-order chi connectivity index (χ1) is 11.9. The molecule has 0 spiro atoms. The number of rotatable bonds is 4. The largest absolute Gasteiger partial charge is 0.481 e. The lowest BCUT2D eigenvalue weighted by Crippen LogP contribution is -2.44. The maximum absolute atomic E-state index is 12.9. The first-order valence-corrected chi connectivity index (χ1v) is 8.38. The van der Waals surface area contributed by atoms with E-state index in [0.717, 1.165) is 24.0 Å². The van der Waals surface area contributed by atoms with Crippen LogP contribution in [0.2, 0.25) is 0 Å². The molecule has 132 valence electrons.